The van der Waals surface area contributed by atoms with E-state index in [1.54, 1.807) is 18.3 Å². The van der Waals surface area contributed by atoms with Crippen LogP contribution in [-0.4, -0.2) is 37.7 Å². The van der Waals surface area contributed by atoms with Gasteiger partial charge in [-0.3, -0.25) is 9.59 Å². The third-order valence-corrected chi connectivity index (χ3v) is 2.88. The molecule has 6 heteroatoms. The molecule has 0 aliphatic carbocycles. The third-order valence-electron chi connectivity index (χ3n) is 2.88. The maximum absolute atomic E-state index is 10.6. The third kappa shape index (κ3) is 9.95. The molecule has 1 aromatic rings. The van der Waals surface area contributed by atoms with Crippen molar-refractivity contribution in [3.63, 3.8) is 0 Å². The molecule has 6 nitrogen and oxygen atoms in total. The zero-order valence-corrected chi connectivity index (χ0v) is 13.3. The summed E-state index contributed by atoms with van der Waals surface area (Å²) < 4.78 is 0. The molecule has 0 unspecified atom stereocenters. The second-order valence-corrected chi connectivity index (χ2v) is 4.94. The standard InChI is InChI=1S/C17H22N2O4/c1-15(21)12-18-22-10-4-2-3-5-11-23-19-13-16-6-8-17(14-20)9-7-16/h6-9,12-14H,2-5,10-11H2,1H3/b18-12+,19-13+. The SMILES string of the molecule is CC(=O)/C=N/OCCCCCCO/N=C/c1ccc(C=O)cc1. The topological polar surface area (TPSA) is 77.3 Å². The minimum Gasteiger partial charge on any atom is -0.396 e. The highest BCUT2D eigenvalue weighted by atomic mass is 16.6. The van der Waals surface area contributed by atoms with E-state index in [1.807, 2.05) is 12.1 Å². The Labute approximate surface area is 136 Å². The maximum Gasteiger partial charge on any atom is 0.174 e. The van der Waals surface area contributed by atoms with Gasteiger partial charge in [0.05, 0.1) is 6.21 Å². The van der Waals surface area contributed by atoms with Crippen molar-refractivity contribution >= 4 is 24.5 Å². The molecule has 0 fully saturated rings. The predicted octanol–water partition coefficient (Wildman–Crippen LogP) is 3.00. The molecule has 0 aliphatic heterocycles. The van der Waals surface area contributed by atoms with Crippen molar-refractivity contribution in [2.45, 2.75) is 32.6 Å². The lowest BCUT2D eigenvalue weighted by Gasteiger charge is -2.00. The molecule has 0 aromatic heterocycles. The lowest BCUT2D eigenvalue weighted by Crippen LogP contribution is -1.94. The molecule has 0 saturated carbocycles. The second-order valence-electron chi connectivity index (χ2n) is 4.94. The number of nitrogens with zero attached hydrogens (tertiary/aromatic N) is 2. The first-order chi connectivity index (χ1) is 11.2. The Morgan fingerprint density at radius 1 is 0.957 bits per heavy atom. The number of Topliss-reactive ketones (excluding diaryl/α,β-unsaturated/α-hetero) is 1. The highest BCUT2D eigenvalue weighted by molar-refractivity contribution is 6.26. The molecule has 124 valence electrons. The second kappa shape index (κ2) is 12.1. The van der Waals surface area contributed by atoms with E-state index in [9.17, 15) is 9.59 Å². The quantitative estimate of drug-likeness (QED) is 0.257. The summed E-state index contributed by atoms with van der Waals surface area (Å²) in [7, 11) is 0. The number of benzene rings is 1. The highest BCUT2D eigenvalue weighted by Gasteiger charge is 1.93. The Balaban J connectivity index is 1.97. The van der Waals surface area contributed by atoms with Crippen molar-refractivity contribution in [1.82, 2.24) is 0 Å². The summed E-state index contributed by atoms with van der Waals surface area (Å²) in [5, 5.41) is 7.41. The zero-order valence-electron chi connectivity index (χ0n) is 13.3. The van der Waals surface area contributed by atoms with Gasteiger partial charge in [-0.05, 0) is 31.2 Å². The summed E-state index contributed by atoms with van der Waals surface area (Å²) >= 11 is 0. The Morgan fingerprint density at radius 2 is 1.52 bits per heavy atom. The van der Waals surface area contributed by atoms with Gasteiger partial charge in [-0.15, -0.1) is 0 Å². The summed E-state index contributed by atoms with van der Waals surface area (Å²) in [6, 6.07) is 7.09. The van der Waals surface area contributed by atoms with Crippen LogP contribution in [0.25, 0.3) is 0 Å². The molecular formula is C17H22N2O4. The molecule has 0 bridgehead atoms. The van der Waals surface area contributed by atoms with Crippen molar-refractivity contribution in [1.29, 1.82) is 0 Å². The van der Waals surface area contributed by atoms with Crippen molar-refractivity contribution in [2.24, 2.45) is 10.3 Å². The van der Waals surface area contributed by atoms with Gasteiger partial charge in [0.15, 0.2) is 5.78 Å². The van der Waals surface area contributed by atoms with Gasteiger partial charge < -0.3 is 9.68 Å². The van der Waals surface area contributed by atoms with Crippen LogP contribution in [0, 0.1) is 0 Å². The highest BCUT2D eigenvalue weighted by Crippen LogP contribution is 2.02. The van der Waals surface area contributed by atoms with Crippen LogP contribution < -0.4 is 0 Å². The lowest BCUT2D eigenvalue weighted by molar-refractivity contribution is -0.110. The minimum absolute atomic E-state index is 0.123. The summed E-state index contributed by atoms with van der Waals surface area (Å²) in [4.78, 5) is 31.2. The lowest BCUT2D eigenvalue weighted by atomic mass is 10.2. The molecular weight excluding hydrogens is 296 g/mol. The first-order valence-corrected chi connectivity index (χ1v) is 7.59. The fraction of sp³-hybridized carbons (Fsp3) is 0.412. The van der Waals surface area contributed by atoms with Crippen LogP contribution in [0.1, 0.15) is 48.5 Å². The predicted molar refractivity (Wildman–Crippen MR) is 89.0 cm³/mol. The van der Waals surface area contributed by atoms with Gasteiger partial charge in [-0.1, -0.05) is 34.6 Å². The fourth-order valence-electron chi connectivity index (χ4n) is 1.66. The van der Waals surface area contributed by atoms with E-state index >= 15 is 0 Å². The van der Waals surface area contributed by atoms with E-state index in [0.29, 0.717) is 18.8 Å². The normalized spacial score (nSPS) is 11.0. The van der Waals surface area contributed by atoms with Gasteiger partial charge in [0, 0.05) is 12.5 Å². The number of hydrogen-bond acceptors (Lipinski definition) is 6. The van der Waals surface area contributed by atoms with Crippen molar-refractivity contribution in [2.75, 3.05) is 13.2 Å². The maximum atomic E-state index is 10.6. The number of hydrogen-bond donors (Lipinski definition) is 0. The van der Waals surface area contributed by atoms with Crippen LogP contribution in [0.2, 0.25) is 0 Å². The molecule has 0 heterocycles. The summed E-state index contributed by atoms with van der Waals surface area (Å²) in [6.45, 7) is 2.50. The Kier molecular flexibility index (Phi) is 9.75. The number of ketones is 1. The first kappa shape index (κ1) is 18.5. The smallest absolute Gasteiger partial charge is 0.174 e. The van der Waals surface area contributed by atoms with E-state index in [-0.39, 0.29) is 5.78 Å². The Bertz CT molecular complexity index is 524. The van der Waals surface area contributed by atoms with Crippen LogP contribution in [0.15, 0.2) is 34.6 Å². The van der Waals surface area contributed by atoms with E-state index in [1.165, 1.54) is 13.1 Å². The van der Waals surface area contributed by atoms with E-state index < -0.39 is 0 Å². The molecule has 0 radical (unpaired) electrons. The number of aldehydes is 1. The van der Waals surface area contributed by atoms with Crippen molar-refractivity contribution < 1.29 is 19.3 Å². The summed E-state index contributed by atoms with van der Waals surface area (Å²) in [5.74, 6) is -0.123. The number of carbonyl (C=O) groups is 2. The molecule has 23 heavy (non-hydrogen) atoms. The molecule has 1 aromatic carbocycles. The number of rotatable bonds is 12. The minimum atomic E-state index is -0.123. The van der Waals surface area contributed by atoms with Gasteiger partial charge in [-0.2, -0.15) is 0 Å². The van der Waals surface area contributed by atoms with Crippen LogP contribution in [0.3, 0.4) is 0 Å². The van der Waals surface area contributed by atoms with Crippen molar-refractivity contribution in [3.05, 3.63) is 35.4 Å². The fourth-order valence-corrected chi connectivity index (χ4v) is 1.66. The average molecular weight is 318 g/mol. The summed E-state index contributed by atoms with van der Waals surface area (Å²) in [6.07, 6.45) is 7.42. The van der Waals surface area contributed by atoms with Gasteiger partial charge in [0.2, 0.25) is 0 Å². The number of carbonyl (C=O) groups excluding carboxylic acids is 2. The van der Waals surface area contributed by atoms with E-state index in [0.717, 1.165) is 37.5 Å². The Morgan fingerprint density at radius 3 is 2.09 bits per heavy atom. The van der Waals surface area contributed by atoms with E-state index in [4.69, 9.17) is 9.68 Å². The largest absolute Gasteiger partial charge is 0.396 e. The molecule has 0 aliphatic rings. The van der Waals surface area contributed by atoms with Gasteiger partial charge in [-0.25, -0.2) is 0 Å². The Hall–Kier alpha value is -2.50. The number of unbranched alkanes of at least 4 members (excludes halogenated alkanes) is 3. The van der Waals surface area contributed by atoms with E-state index in [2.05, 4.69) is 10.3 Å². The molecule has 0 saturated heterocycles. The average Bonchev–Trinajstić information content (AvgIpc) is 2.56. The van der Waals surface area contributed by atoms with Gasteiger partial charge >= 0.3 is 0 Å². The zero-order chi connectivity index (χ0) is 16.8. The van der Waals surface area contributed by atoms with Crippen molar-refractivity contribution in [3.8, 4) is 0 Å². The first-order valence-electron chi connectivity index (χ1n) is 7.59. The van der Waals surface area contributed by atoms with Gasteiger partial charge in [0.1, 0.15) is 25.7 Å². The van der Waals surface area contributed by atoms with Crippen LogP contribution in [0.4, 0.5) is 0 Å². The number of oxime groups is 2. The monoisotopic (exact) mass is 318 g/mol. The van der Waals surface area contributed by atoms with Crippen LogP contribution >= 0.6 is 0 Å². The van der Waals surface area contributed by atoms with Crippen LogP contribution in [0.5, 0.6) is 0 Å². The molecule has 0 amide bonds. The van der Waals surface area contributed by atoms with Gasteiger partial charge in [0.25, 0.3) is 0 Å². The summed E-state index contributed by atoms with van der Waals surface area (Å²) in [5.41, 5.74) is 1.53. The van der Waals surface area contributed by atoms with Crippen LogP contribution in [-0.2, 0) is 14.5 Å². The molecule has 1 rings (SSSR count). The molecule has 0 spiro atoms. The molecule has 0 N–H and O–H groups in total. The molecule has 0 atom stereocenters.